The number of pyridine rings is 1. The molecule has 15 heavy (non-hydrogen) atoms. The molecule has 0 saturated carbocycles. The van der Waals surface area contributed by atoms with Crippen LogP contribution >= 0.6 is 15.9 Å². The summed E-state index contributed by atoms with van der Waals surface area (Å²) in [6, 6.07) is 1.33. The summed E-state index contributed by atoms with van der Waals surface area (Å²) in [7, 11) is 0. The molecule has 82 valence electrons. The number of aromatic nitrogens is 1. The van der Waals surface area contributed by atoms with Crippen LogP contribution in [0.3, 0.4) is 0 Å². The number of nitrogens with one attached hydrogen (secondary N) is 1. The van der Waals surface area contributed by atoms with Crippen LogP contribution in [-0.2, 0) is 4.79 Å². The number of carbonyl (C=O) groups excluding carboxylic acids is 1. The minimum absolute atomic E-state index is 0.181. The van der Waals surface area contributed by atoms with E-state index in [2.05, 4.69) is 20.9 Å². The Morgan fingerprint density at radius 3 is 2.60 bits per heavy atom. The van der Waals surface area contributed by atoms with Crippen molar-refractivity contribution in [2.75, 3.05) is 11.1 Å². The SMILES string of the molecule is Nc1cnc(NC(=O)C(F)(F)F)c(Br)c1. The maximum Gasteiger partial charge on any atom is 0.471 e. The van der Waals surface area contributed by atoms with Crippen LogP contribution in [-0.4, -0.2) is 17.1 Å². The number of nitrogens with two attached hydrogens (primary N) is 1. The van der Waals surface area contributed by atoms with E-state index in [0.29, 0.717) is 0 Å². The van der Waals surface area contributed by atoms with Gasteiger partial charge in [0.05, 0.1) is 16.4 Å². The average Bonchev–Trinajstić information content (AvgIpc) is 2.08. The first-order valence-electron chi connectivity index (χ1n) is 3.60. The zero-order valence-electron chi connectivity index (χ0n) is 7.10. The predicted molar refractivity (Wildman–Crippen MR) is 51.0 cm³/mol. The summed E-state index contributed by atoms with van der Waals surface area (Å²) in [5, 5.41) is 1.60. The Hall–Kier alpha value is -1.31. The third kappa shape index (κ3) is 3.08. The Kier molecular flexibility index (Phi) is 3.18. The second-order valence-corrected chi connectivity index (χ2v) is 3.41. The molecule has 0 aliphatic heterocycles. The van der Waals surface area contributed by atoms with Gasteiger partial charge in [-0.05, 0) is 22.0 Å². The van der Waals surface area contributed by atoms with Gasteiger partial charge in [-0.15, -0.1) is 0 Å². The fraction of sp³-hybridized carbons (Fsp3) is 0.143. The van der Waals surface area contributed by atoms with Crippen LogP contribution in [0.5, 0.6) is 0 Å². The van der Waals surface area contributed by atoms with Gasteiger partial charge in [0, 0.05) is 0 Å². The quantitative estimate of drug-likeness (QED) is 0.828. The highest BCUT2D eigenvalue weighted by molar-refractivity contribution is 9.10. The van der Waals surface area contributed by atoms with Crippen molar-refractivity contribution in [2.24, 2.45) is 0 Å². The first kappa shape index (κ1) is 11.8. The molecule has 0 fully saturated rings. The minimum atomic E-state index is -4.94. The fourth-order valence-electron chi connectivity index (χ4n) is 0.723. The maximum atomic E-state index is 11.9. The molecule has 0 saturated heterocycles. The van der Waals surface area contributed by atoms with Crippen molar-refractivity contribution in [3.63, 3.8) is 0 Å². The molecule has 1 rings (SSSR count). The number of nitrogen functional groups attached to an aromatic ring is 1. The van der Waals surface area contributed by atoms with Crippen molar-refractivity contribution in [3.05, 3.63) is 16.7 Å². The summed E-state index contributed by atoms with van der Waals surface area (Å²) in [5.41, 5.74) is 5.59. The minimum Gasteiger partial charge on any atom is -0.397 e. The zero-order chi connectivity index (χ0) is 11.6. The molecule has 1 aromatic heterocycles. The van der Waals surface area contributed by atoms with Gasteiger partial charge in [0.1, 0.15) is 5.82 Å². The highest BCUT2D eigenvalue weighted by Gasteiger charge is 2.39. The van der Waals surface area contributed by atoms with E-state index in [-0.39, 0.29) is 16.0 Å². The number of rotatable bonds is 1. The fourth-order valence-corrected chi connectivity index (χ4v) is 1.19. The highest BCUT2D eigenvalue weighted by Crippen LogP contribution is 2.24. The molecule has 1 heterocycles. The molecule has 8 heteroatoms. The second-order valence-electron chi connectivity index (χ2n) is 2.55. The zero-order valence-corrected chi connectivity index (χ0v) is 8.69. The topological polar surface area (TPSA) is 68.0 Å². The van der Waals surface area contributed by atoms with Crippen molar-refractivity contribution in [2.45, 2.75) is 6.18 Å². The molecule has 0 spiro atoms. The van der Waals surface area contributed by atoms with Crippen LogP contribution < -0.4 is 11.1 Å². The van der Waals surface area contributed by atoms with E-state index in [1.807, 2.05) is 0 Å². The lowest BCUT2D eigenvalue weighted by Gasteiger charge is -2.08. The van der Waals surface area contributed by atoms with Gasteiger partial charge in [-0.3, -0.25) is 4.79 Å². The Morgan fingerprint density at radius 2 is 2.13 bits per heavy atom. The molecule has 0 aromatic carbocycles. The average molecular weight is 284 g/mol. The largest absolute Gasteiger partial charge is 0.471 e. The maximum absolute atomic E-state index is 11.9. The molecule has 1 aromatic rings. The van der Waals surface area contributed by atoms with Gasteiger partial charge >= 0.3 is 12.1 Å². The number of amides is 1. The van der Waals surface area contributed by atoms with Gasteiger partial charge < -0.3 is 11.1 Å². The van der Waals surface area contributed by atoms with Crippen LogP contribution in [0.2, 0.25) is 0 Å². The summed E-state index contributed by atoms with van der Waals surface area (Å²) < 4.78 is 35.8. The molecule has 1 amide bonds. The van der Waals surface area contributed by atoms with E-state index in [9.17, 15) is 18.0 Å². The van der Waals surface area contributed by atoms with Gasteiger partial charge in [0.2, 0.25) is 0 Å². The van der Waals surface area contributed by atoms with Gasteiger partial charge in [-0.25, -0.2) is 4.98 Å². The van der Waals surface area contributed by atoms with Crippen molar-refractivity contribution < 1.29 is 18.0 Å². The molecule has 0 atom stereocenters. The lowest BCUT2D eigenvalue weighted by Crippen LogP contribution is -2.30. The van der Waals surface area contributed by atoms with Crippen LogP contribution in [0.15, 0.2) is 16.7 Å². The van der Waals surface area contributed by atoms with E-state index in [0.717, 1.165) is 6.20 Å². The summed E-state index contributed by atoms with van der Waals surface area (Å²) in [5.74, 6) is -2.31. The molecule has 3 N–H and O–H groups in total. The van der Waals surface area contributed by atoms with E-state index in [4.69, 9.17) is 5.73 Å². The molecular formula is C7H5BrF3N3O. The monoisotopic (exact) mass is 283 g/mol. The Balaban J connectivity index is 2.87. The van der Waals surface area contributed by atoms with Crippen LogP contribution in [0, 0.1) is 0 Å². The highest BCUT2D eigenvalue weighted by atomic mass is 79.9. The predicted octanol–water partition coefficient (Wildman–Crippen LogP) is 1.93. The van der Waals surface area contributed by atoms with Crippen LogP contribution in [0.4, 0.5) is 24.7 Å². The molecule has 0 aliphatic rings. The Bertz CT molecular complexity index is 394. The first-order valence-corrected chi connectivity index (χ1v) is 4.39. The summed E-state index contributed by atoms with van der Waals surface area (Å²) in [4.78, 5) is 14.1. The van der Waals surface area contributed by atoms with Crippen molar-refractivity contribution >= 4 is 33.3 Å². The molecule has 0 radical (unpaired) electrons. The van der Waals surface area contributed by atoms with Crippen molar-refractivity contribution in [3.8, 4) is 0 Å². The molecular weight excluding hydrogens is 279 g/mol. The summed E-state index contributed by atoms with van der Waals surface area (Å²) in [6.07, 6.45) is -3.81. The smallest absolute Gasteiger partial charge is 0.397 e. The number of carbonyl (C=O) groups is 1. The first-order chi connectivity index (χ1) is 6.80. The van der Waals surface area contributed by atoms with Gasteiger partial charge in [-0.1, -0.05) is 0 Å². The number of hydrogen-bond acceptors (Lipinski definition) is 3. The summed E-state index contributed by atoms with van der Waals surface area (Å²) >= 11 is 2.92. The third-order valence-electron chi connectivity index (χ3n) is 1.35. The molecule has 0 bridgehead atoms. The lowest BCUT2D eigenvalue weighted by molar-refractivity contribution is -0.167. The number of anilines is 2. The number of nitrogens with zero attached hydrogens (tertiary/aromatic N) is 1. The normalized spacial score (nSPS) is 11.2. The Morgan fingerprint density at radius 1 is 1.53 bits per heavy atom. The van der Waals surface area contributed by atoms with Crippen molar-refractivity contribution in [1.29, 1.82) is 0 Å². The van der Waals surface area contributed by atoms with Crippen LogP contribution in [0.25, 0.3) is 0 Å². The summed E-state index contributed by atoms with van der Waals surface area (Å²) in [6.45, 7) is 0. The third-order valence-corrected chi connectivity index (χ3v) is 1.96. The number of halogens is 4. The van der Waals surface area contributed by atoms with E-state index in [1.54, 1.807) is 5.32 Å². The number of hydrogen-bond donors (Lipinski definition) is 2. The molecule has 0 unspecified atom stereocenters. The standard InChI is InChI=1S/C7H5BrF3N3O/c8-4-1-3(12)2-13-5(4)14-6(15)7(9,10)11/h1-2H,12H2,(H,13,14,15). The second kappa shape index (κ2) is 4.05. The molecule has 4 nitrogen and oxygen atoms in total. The van der Waals surface area contributed by atoms with Gasteiger partial charge in [0.15, 0.2) is 0 Å². The molecule has 0 aliphatic carbocycles. The van der Waals surface area contributed by atoms with Crippen molar-refractivity contribution in [1.82, 2.24) is 4.98 Å². The van der Waals surface area contributed by atoms with E-state index < -0.39 is 12.1 Å². The number of alkyl halides is 3. The van der Waals surface area contributed by atoms with Gasteiger partial charge in [0.25, 0.3) is 0 Å². The Labute approximate surface area is 90.8 Å². The lowest BCUT2D eigenvalue weighted by atomic mass is 10.4. The van der Waals surface area contributed by atoms with Crippen LogP contribution in [0.1, 0.15) is 0 Å². The van der Waals surface area contributed by atoms with Gasteiger partial charge in [-0.2, -0.15) is 13.2 Å². The van der Waals surface area contributed by atoms with E-state index in [1.165, 1.54) is 6.07 Å². The van der Waals surface area contributed by atoms with E-state index >= 15 is 0 Å².